The summed E-state index contributed by atoms with van der Waals surface area (Å²) in [5.41, 5.74) is 2.52. The van der Waals surface area contributed by atoms with Crippen LogP contribution in [0.1, 0.15) is 29.2 Å². The lowest BCUT2D eigenvalue weighted by molar-refractivity contribution is -0.307. The molecule has 0 radical (unpaired) electrons. The van der Waals surface area contributed by atoms with Crippen molar-refractivity contribution in [2.24, 2.45) is 0 Å². The van der Waals surface area contributed by atoms with Crippen molar-refractivity contribution in [3.05, 3.63) is 65.0 Å². The Hall–Kier alpha value is -3.15. The first-order valence-electron chi connectivity index (χ1n) is 7.36. The number of hydrogen-bond acceptors (Lipinski definition) is 4. The van der Waals surface area contributed by atoms with E-state index in [4.69, 9.17) is 4.74 Å². The molecule has 0 aromatic heterocycles. The van der Waals surface area contributed by atoms with E-state index in [2.05, 4.69) is 5.32 Å². The normalized spacial score (nSPS) is 21.0. The van der Waals surface area contributed by atoms with Crippen LogP contribution >= 0.6 is 0 Å². The molecule has 2 aromatic rings. The molecule has 1 amide bonds. The number of carbonyl (C=O) groups excluding carboxylic acids is 2. The molecule has 2 heterocycles. The summed E-state index contributed by atoms with van der Waals surface area (Å²) >= 11 is 0. The number of anilines is 1. The van der Waals surface area contributed by atoms with E-state index in [1.165, 1.54) is 18.2 Å². The van der Waals surface area contributed by atoms with Crippen LogP contribution in [0.15, 0.2) is 42.5 Å². The zero-order chi connectivity index (χ0) is 16.8. The van der Waals surface area contributed by atoms with Crippen molar-refractivity contribution >= 4 is 28.9 Å². The average molecular weight is 324 g/mol. The van der Waals surface area contributed by atoms with E-state index in [0.717, 1.165) is 0 Å². The van der Waals surface area contributed by atoms with Crippen LogP contribution in [0.3, 0.4) is 0 Å². The fourth-order valence-corrected chi connectivity index (χ4v) is 3.12. The summed E-state index contributed by atoms with van der Waals surface area (Å²) in [6, 6.07) is 11.1. The molecule has 1 N–H and O–H groups in total. The van der Waals surface area contributed by atoms with Crippen molar-refractivity contribution in [3.63, 3.8) is 0 Å². The second kappa shape index (κ2) is 5.19. The van der Waals surface area contributed by atoms with Gasteiger partial charge in [0.1, 0.15) is 17.7 Å². The summed E-state index contributed by atoms with van der Waals surface area (Å²) in [4.78, 5) is 23.3. The molecule has 0 fully saturated rings. The number of hydrogen-bond donors (Lipinski definition) is 1. The number of rotatable bonds is 2. The Morgan fingerprint density at radius 1 is 1.21 bits per heavy atom. The van der Waals surface area contributed by atoms with Gasteiger partial charge in [0, 0.05) is 29.1 Å². The number of carboxylic acid groups (broad SMARTS) is 1. The molecule has 2 aliphatic heterocycles. The molecule has 0 saturated carbocycles. The van der Waals surface area contributed by atoms with Crippen LogP contribution in [0.5, 0.6) is 0 Å². The lowest BCUT2D eigenvalue weighted by Crippen LogP contribution is -2.24. The van der Waals surface area contributed by atoms with E-state index >= 15 is 0 Å². The molecule has 4 rings (SSSR count). The van der Waals surface area contributed by atoms with Crippen LogP contribution < -0.4 is 10.4 Å². The molecular formula is C18H11FNO4-. The maximum atomic E-state index is 13.4. The van der Waals surface area contributed by atoms with Crippen LogP contribution in [0, 0.1) is 5.82 Å². The number of carboxylic acids is 1. The third kappa shape index (κ3) is 2.15. The fraction of sp³-hybridized carbons (Fsp3) is 0.111. The first kappa shape index (κ1) is 14.4. The van der Waals surface area contributed by atoms with Gasteiger partial charge < -0.3 is 20.0 Å². The van der Waals surface area contributed by atoms with E-state index in [1.54, 1.807) is 24.3 Å². The van der Waals surface area contributed by atoms with Gasteiger partial charge in [-0.2, -0.15) is 0 Å². The number of carbonyl (C=O) groups is 2. The molecule has 1 atom stereocenters. The van der Waals surface area contributed by atoms with E-state index in [-0.39, 0.29) is 12.0 Å². The van der Waals surface area contributed by atoms with Crippen LogP contribution in [0.4, 0.5) is 10.1 Å². The summed E-state index contributed by atoms with van der Waals surface area (Å²) in [5.74, 6) is -1.79. The number of nitrogens with one attached hydrogen (secondary N) is 1. The molecule has 5 nitrogen and oxygen atoms in total. The molecule has 0 bridgehead atoms. The van der Waals surface area contributed by atoms with Crippen molar-refractivity contribution in [1.82, 2.24) is 0 Å². The van der Waals surface area contributed by atoms with Crippen molar-refractivity contribution in [3.8, 4) is 0 Å². The van der Waals surface area contributed by atoms with Gasteiger partial charge in [-0.3, -0.25) is 4.79 Å². The van der Waals surface area contributed by atoms with E-state index < -0.39 is 23.8 Å². The maximum absolute atomic E-state index is 13.4. The predicted molar refractivity (Wildman–Crippen MR) is 81.7 cm³/mol. The van der Waals surface area contributed by atoms with E-state index in [0.29, 0.717) is 28.1 Å². The van der Waals surface area contributed by atoms with E-state index in [9.17, 15) is 19.1 Å². The van der Waals surface area contributed by atoms with Gasteiger partial charge in [-0.1, -0.05) is 24.3 Å². The SMILES string of the molecule is O=C([O-])CC1O/C(=C2/C(=O)Nc3cc(F)ccc32)c2ccccc21. The molecule has 0 saturated heterocycles. The van der Waals surface area contributed by atoms with Crippen molar-refractivity contribution in [2.45, 2.75) is 12.5 Å². The molecule has 6 heteroatoms. The number of ether oxygens (including phenoxy) is 1. The minimum atomic E-state index is -1.24. The van der Waals surface area contributed by atoms with Crippen molar-refractivity contribution < 1.29 is 23.8 Å². The third-order valence-electron chi connectivity index (χ3n) is 4.12. The predicted octanol–water partition coefficient (Wildman–Crippen LogP) is 1.86. The lowest BCUT2D eigenvalue weighted by atomic mass is 9.98. The zero-order valence-electron chi connectivity index (χ0n) is 12.3. The second-order valence-electron chi connectivity index (χ2n) is 5.62. The summed E-state index contributed by atoms with van der Waals surface area (Å²) in [6.45, 7) is 0. The van der Waals surface area contributed by atoms with Gasteiger partial charge in [0.05, 0.1) is 11.3 Å². The zero-order valence-corrected chi connectivity index (χ0v) is 12.3. The maximum Gasteiger partial charge on any atom is 0.260 e. The topological polar surface area (TPSA) is 78.5 Å². The highest BCUT2D eigenvalue weighted by atomic mass is 19.1. The molecule has 120 valence electrons. The Kier molecular flexibility index (Phi) is 3.13. The molecule has 2 aromatic carbocycles. The number of amides is 1. The number of halogens is 1. The molecule has 24 heavy (non-hydrogen) atoms. The summed E-state index contributed by atoms with van der Waals surface area (Å²) in [7, 11) is 0. The Balaban J connectivity index is 1.90. The molecule has 1 unspecified atom stereocenters. The quantitative estimate of drug-likeness (QED) is 0.855. The first-order valence-corrected chi connectivity index (χ1v) is 7.36. The number of fused-ring (bicyclic) bond motifs is 2. The molecular weight excluding hydrogens is 313 g/mol. The highest BCUT2D eigenvalue weighted by Crippen LogP contribution is 2.46. The van der Waals surface area contributed by atoms with Crippen molar-refractivity contribution in [2.75, 3.05) is 5.32 Å². The monoisotopic (exact) mass is 324 g/mol. The van der Waals surface area contributed by atoms with Gasteiger partial charge in [0.15, 0.2) is 0 Å². The smallest absolute Gasteiger partial charge is 0.260 e. The van der Waals surface area contributed by atoms with E-state index in [1.807, 2.05) is 0 Å². The Bertz CT molecular complexity index is 919. The van der Waals surface area contributed by atoms with Gasteiger partial charge in [-0.15, -0.1) is 0 Å². The fourth-order valence-electron chi connectivity index (χ4n) is 3.12. The Labute approximate surface area is 136 Å². The lowest BCUT2D eigenvalue weighted by Gasteiger charge is -2.13. The van der Waals surface area contributed by atoms with Gasteiger partial charge in [-0.05, 0) is 18.2 Å². The second-order valence-corrected chi connectivity index (χ2v) is 5.62. The standard InChI is InChI=1S/C18H12FNO4/c19-9-5-6-12-13(7-9)20-18(23)16(12)17-11-4-2-1-3-10(11)14(24-17)8-15(21)22/h1-7,14H,8H2,(H,20,23)(H,21,22)/p-1/b17-16+. The minimum Gasteiger partial charge on any atom is -0.550 e. The third-order valence-corrected chi connectivity index (χ3v) is 4.12. The van der Waals surface area contributed by atoms with Crippen LogP contribution in [0.25, 0.3) is 11.3 Å². The van der Waals surface area contributed by atoms with Crippen LogP contribution in [0.2, 0.25) is 0 Å². The van der Waals surface area contributed by atoms with Crippen molar-refractivity contribution in [1.29, 1.82) is 0 Å². The van der Waals surface area contributed by atoms with Crippen LogP contribution in [-0.4, -0.2) is 11.9 Å². The van der Waals surface area contributed by atoms with Gasteiger partial charge in [0.2, 0.25) is 0 Å². The highest BCUT2D eigenvalue weighted by molar-refractivity contribution is 6.36. The average Bonchev–Trinajstić information content (AvgIpc) is 3.04. The molecule has 2 aliphatic rings. The van der Waals surface area contributed by atoms with Gasteiger partial charge in [-0.25, -0.2) is 4.39 Å². The molecule has 0 aliphatic carbocycles. The Morgan fingerprint density at radius 2 is 2.00 bits per heavy atom. The summed E-state index contributed by atoms with van der Waals surface area (Å²) < 4.78 is 19.2. The summed E-state index contributed by atoms with van der Waals surface area (Å²) in [5, 5.41) is 13.6. The number of benzene rings is 2. The first-order chi connectivity index (χ1) is 11.5. The Morgan fingerprint density at radius 3 is 2.79 bits per heavy atom. The van der Waals surface area contributed by atoms with Crippen LogP contribution in [-0.2, 0) is 14.3 Å². The summed E-state index contributed by atoms with van der Waals surface area (Å²) in [6.07, 6.45) is -1.03. The largest absolute Gasteiger partial charge is 0.550 e. The highest BCUT2D eigenvalue weighted by Gasteiger charge is 2.36. The number of aliphatic carboxylic acids is 1. The minimum absolute atomic E-state index is 0.276. The molecule has 0 spiro atoms. The van der Waals surface area contributed by atoms with Gasteiger partial charge in [0.25, 0.3) is 5.91 Å². The van der Waals surface area contributed by atoms with Gasteiger partial charge >= 0.3 is 0 Å².